The van der Waals surface area contributed by atoms with E-state index in [1.54, 1.807) is 0 Å². The molecule has 0 aromatic rings. The number of aliphatic carboxylic acids is 1. The van der Waals surface area contributed by atoms with Crippen molar-refractivity contribution in [1.82, 2.24) is 0 Å². The van der Waals surface area contributed by atoms with Crippen LogP contribution in [0.1, 0.15) is 6.92 Å². The van der Waals surface area contributed by atoms with Gasteiger partial charge in [-0.3, -0.25) is 4.79 Å². The maximum Gasteiger partial charge on any atom is 0.300 e. The van der Waals surface area contributed by atoms with Crippen molar-refractivity contribution in [3.63, 3.8) is 0 Å². The molecule has 0 aromatic heterocycles. The van der Waals surface area contributed by atoms with E-state index < -0.39 is 5.97 Å². The van der Waals surface area contributed by atoms with E-state index in [-0.39, 0.29) is 40.8 Å². The van der Waals surface area contributed by atoms with Crippen molar-refractivity contribution in [1.29, 1.82) is 0 Å². The minimum absolute atomic E-state index is 0. The summed E-state index contributed by atoms with van der Waals surface area (Å²) < 4.78 is 0. The first-order valence-corrected chi connectivity index (χ1v) is 0.928. The van der Waals surface area contributed by atoms with Crippen LogP contribution in [0, 0.1) is 0 Å². The second kappa shape index (κ2) is 9.25. The molecule has 2 nitrogen and oxygen atoms in total. The summed E-state index contributed by atoms with van der Waals surface area (Å²) in [6.45, 7) is 1.08. The quantitative estimate of drug-likeness (QED) is 0.635. The average molecular weight is 273 g/mol. The summed E-state index contributed by atoms with van der Waals surface area (Å²) in [6, 6.07) is 0. The Balaban J connectivity index is -0.0000000450. The molecule has 0 heterocycles. The van der Waals surface area contributed by atoms with Gasteiger partial charge < -0.3 is 5.11 Å². The molecule has 0 bridgehead atoms. The summed E-state index contributed by atoms with van der Waals surface area (Å²) in [4.78, 5) is 9.00. The normalized spacial score (nSPS) is 4.17. The van der Waals surface area contributed by atoms with Crippen LogP contribution in [-0.4, -0.2) is 11.1 Å². The molecule has 0 aliphatic heterocycles. The smallest absolute Gasteiger partial charge is 0.300 e. The number of carbonyl (C=O) groups is 1. The Morgan fingerprint density at radius 3 is 1.50 bits per heavy atom. The van der Waals surface area contributed by atoms with Crippen molar-refractivity contribution in [2.75, 3.05) is 0 Å². The molecule has 1 N–H and O–H groups in total. The zero-order chi connectivity index (χ0) is 3.58. The molecular formula is C2H4O2Pd2. The Bertz CT molecular complexity index is 32.5. The Hall–Kier alpha value is 0.795. The number of rotatable bonds is 0. The average Bonchev–Trinajstić information content (AvgIpc) is 0.811. The van der Waals surface area contributed by atoms with Gasteiger partial charge in [-0.1, -0.05) is 0 Å². The van der Waals surface area contributed by atoms with Gasteiger partial charge in [-0.15, -0.1) is 0 Å². The van der Waals surface area contributed by atoms with Crippen LogP contribution < -0.4 is 0 Å². The summed E-state index contributed by atoms with van der Waals surface area (Å²) in [6.07, 6.45) is 0. The third kappa shape index (κ3) is 109. The van der Waals surface area contributed by atoms with Crippen molar-refractivity contribution in [3.05, 3.63) is 0 Å². The van der Waals surface area contributed by atoms with Crippen LogP contribution in [0.4, 0.5) is 0 Å². The Morgan fingerprint density at radius 2 is 1.50 bits per heavy atom. The van der Waals surface area contributed by atoms with Gasteiger partial charge in [0.1, 0.15) is 0 Å². The molecule has 0 saturated carbocycles. The second-order valence-corrected chi connectivity index (χ2v) is 0.519. The minimum Gasteiger partial charge on any atom is -0.481 e. The molecule has 0 aliphatic rings. The van der Waals surface area contributed by atoms with Gasteiger partial charge in [0.2, 0.25) is 0 Å². The number of hydrogen-bond donors (Lipinski definition) is 1. The van der Waals surface area contributed by atoms with Gasteiger partial charge in [0.05, 0.1) is 0 Å². The fourth-order valence-electron chi connectivity index (χ4n) is 0. The van der Waals surface area contributed by atoms with Gasteiger partial charge in [0.15, 0.2) is 0 Å². The standard InChI is InChI=1S/C2H4O2.2Pd/c1-2(3)4;;/h1H3,(H,3,4);;. The first kappa shape index (κ1) is 15.8. The van der Waals surface area contributed by atoms with E-state index in [0.717, 1.165) is 6.92 Å². The molecule has 0 saturated heterocycles. The minimum atomic E-state index is -0.833. The topological polar surface area (TPSA) is 37.3 Å². The molecule has 0 radical (unpaired) electrons. The molecule has 6 heavy (non-hydrogen) atoms. The van der Waals surface area contributed by atoms with Crippen molar-refractivity contribution in [2.45, 2.75) is 6.92 Å². The summed E-state index contributed by atoms with van der Waals surface area (Å²) >= 11 is 0. The van der Waals surface area contributed by atoms with E-state index in [4.69, 9.17) is 9.90 Å². The third-order valence-electron chi connectivity index (χ3n) is 0. The molecule has 0 atom stereocenters. The van der Waals surface area contributed by atoms with Crippen molar-refractivity contribution >= 4 is 5.97 Å². The predicted octanol–water partition coefficient (Wildman–Crippen LogP) is 0.0859. The zero-order valence-corrected chi connectivity index (χ0v) is 6.10. The summed E-state index contributed by atoms with van der Waals surface area (Å²) in [5, 5.41) is 7.42. The largest absolute Gasteiger partial charge is 0.481 e. The van der Waals surface area contributed by atoms with Crippen LogP contribution in [0.5, 0.6) is 0 Å². The number of carboxylic acids is 1. The monoisotopic (exact) mass is 272 g/mol. The van der Waals surface area contributed by atoms with Crippen LogP contribution in [-0.2, 0) is 45.6 Å². The first-order valence-electron chi connectivity index (χ1n) is 0.928. The van der Waals surface area contributed by atoms with Crippen molar-refractivity contribution in [3.8, 4) is 0 Å². The number of hydrogen-bond acceptors (Lipinski definition) is 1. The van der Waals surface area contributed by atoms with E-state index in [2.05, 4.69) is 0 Å². The summed E-state index contributed by atoms with van der Waals surface area (Å²) in [5.74, 6) is -0.833. The van der Waals surface area contributed by atoms with E-state index in [1.165, 1.54) is 0 Å². The van der Waals surface area contributed by atoms with Gasteiger partial charge in [0.25, 0.3) is 5.97 Å². The molecule has 0 aliphatic carbocycles. The fraction of sp³-hybridized carbons (Fsp3) is 0.500. The Kier molecular flexibility index (Phi) is 24.4. The van der Waals surface area contributed by atoms with E-state index in [0.29, 0.717) is 0 Å². The summed E-state index contributed by atoms with van der Waals surface area (Å²) in [5.41, 5.74) is 0. The van der Waals surface area contributed by atoms with E-state index >= 15 is 0 Å². The molecule has 0 fully saturated rings. The molecule has 0 aromatic carbocycles. The second-order valence-electron chi connectivity index (χ2n) is 0.519. The molecule has 4 heteroatoms. The molecule has 0 amide bonds. The number of carboxylic acid groups (broad SMARTS) is 1. The van der Waals surface area contributed by atoms with Crippen LogP contribution >= 0.6 is 0 Å². The van der Waals surface area contributed by atoms with Crippen LogP contribution in [0.3, 0.4) is 0 Å². The van der Waals surface area contributed by atoms with Gasteiger partial charge in [-0.05, 0) is 0 Å². The van der Waals surface area contributed by atoms with Gasteiger partial charge in [0, 0.05) is 47.8 Å². The predicted molar refractivity (Wildman–Crippen MR) is 13.3 cm³/mol. The van der Waals surface area contributed by atoms with Crippen LogP contribution in [0.2, 0.25) is 0 Å². The molecule has 0 unspecified atom stereocenters. The SMILES string of the molecule is CC(=O)O.[Pd].[Pd]. The van der Waals surface area contributed by atoms with Gasteiger partial charge >= 0.3 is 0 Å². The third-order valence-corrected chi connectivity index (χ3v) is 0. The fourth-order valence-corrected chi connectivity index (χ4v) is 0. The zero-order valence-electron chi connectivity index (χ0n) is 2.99. The Morgan fingerprint density at radius 1 is 1.50 bits per heavy atom. The maximum atomic E-state index is 9.00. The molecule has 0 spiro atoms. The van der Waals surface area contributed by atoms with E-state index in [9.17, 15) is 0 Å². The van der Waals surface area contributed by atoms with Crippen molar-refractivity contribution in [2.24, 2.45) is 0 Å². The maximum absolute atomic E-state index is 9.00. The summed E-state index contributed by atoms with van der Waals surface area (Å²) in [7, 11) is 0. The molecular weight excluding hydrogens is 269 g/mol. The first-order chi connectivity index (χ1) is 1.73. The van der Waals surface area contributed by atoms with Crippen LogP contribution in [0.15, 0.2) is 0 Å². The molecule has 44 valence electrons. The molecule has 0 rings (SSSR count). The Labute approximate surface area is 63.6 Å². The van der Waals surface area contributed by atoms with Gasteiger partial charge in [-0.2, -0.15) is 0 Å². The van der Waals surface area contributed by atoms with Crippen molar-refractivity contribution < 1.29 is 50.7 Å². The van der Waals surface area contributed by atoms with Gasteiger partial charge in [-0.25, -0.2) is 0 Å². The van der Waals surface area contributed by atoms with Crippen LogP contribution in [0.25, 0.3) is 0 Å². The van der Waals surface area contributed by atoms with E-state index in [1.807, 2.05) is 0 Å².